The molecule has 4 unspecified atom stereocenters. The number of hydrogen-bond acceptors (Lipinski definition) is 15. The molecular formula is C82H160O17P2. The maximum atomic E-state index is 13.1. The van der Waals surface area contributed by atoms with Gasteiger partial charge < -0.3 is 33.8 Å². The standard InChI is InChI=1S/C82H160O17P2/c1-8-11-12-13-14-15-16-17-25-28-35-44-51-58-65-81(86)99-78(70-93-80(85)64-57-50-43-38-37-39-46-53-60-73(4)5)72-97-101(90,91)95-68-76(83)67-94-100(88,89)96-71-77(69-92-79(84)63-56-49-42-34-31-30-33-41-48-55-62-75(7)10-3)98-82(87)66-59-52-45-36-29-26-23-21-19-18-20-22-24-27-32-40-47-54-61-74(6)9-2/h73-78,83H,8-72H2,1-7H3,(H,88,89)(H,90,91)/t74?,75?,76-,77-,78-/m1/s1. The van der Waals surface area contributed by atoms with Crippen LogP contribution in [0.5, 0.6) is 0 Å². The second-order valence-electron chi connectivity index (χ2n) is 30.5. The summed E-state index contributed by atoms with van der Waals surface area (Å²) >= 11 is 0. The van der Waals surface area contributed by atoms with E-state index in [1.165, 1.54) is 238 Å². The highest BCUT2D eigenvalue weighted by Gasteiger charge is 2.30. The smallest absolute Gasteiger partial charge is 0.462 e. The average molecular weight is 1480 g/mol. The Hall–Kier alpha value is -1.94. The van der Waals surface area contributed by atoms with Crippen molar-refractivity contribution in [2.45, 2.75) is 446 Å². The molecule has 0 fully saturated rings. The number of esters is 4. The van der Waals surface area contributed by atoms with E-state index in [2.05, 4.69) is 48.5 Å². The third-order valence-corrected chi connectivity index (χ3v) is 21.8. The molecule has 600 valence electrons. The summed E-state index contributed by atoms with van der Waals surface area (Å²) in [5.74, 6) is 0.297. The fourth-order valence-corrected chi connectivity index (χ4v) is 14.2. The molecule has 101 heavy (non-hydrogen) atoms. The first-order valence-electron chi connectivity index (χ1n) is 42.4. The zero-order valence-electron chi connectivity index (χ0n) is 66.4. The highest BCUT2D eigenvalue weighted by Crippen LogP contribution is 2.45. The van der Waals surface area contributed by atoms with Crippen molar-refractivity contribution >= 4 is 39.5 Å². The van der Waals surface area contributed by atoms with Crippen molar-refractivity contribution in [2.75, 3.05) is 39.6 Å². The van der Waals surface area contributed by atoms with Gasteiger partial charge in [0.15, 0.2) is 12.2 Å². The monoisotopic (exact) mass is 1480 g/mol. The Morgan fingerprint density at radius 1 is 0.287 bits per heavy atom. The number of ether oxygens (including phenoxy) is 4. The van der Waals surface area contributed by atoms with Gasteiger partial charge in [-0.2, -0.15) is 0 Å². The normalized spacial score (nSPS) is 14.5. The number of carbonyl (C=O) groups excluding carboxylic acids is 4. The molecule has 0 spiro atoms. The molecule has 3 N–H and O–H groups in total. The van der Waals surface area contributed by atoms with Crippen LogP contribution in [0.2, 0.25) is 0 Å². The summed E-state index contributed by atoms with van der Waals surface area (Å²) in [5.41, 5.74) is 0. The number of carbonyl (C=O) groups is 4. The Labute approximate surface area is 619 Å². The zero-order chi connectivity index (χ0) is 74.4. The van der Waals surface area contributed by atoms with E-state index in [9.17, 15) is 43.2 Å². The number of aliphatic hydroxyl groups excluding tert-OH is 1. The van der Waals surface area contributed by atoms with Gasteiger partial charge in [0, 0.05) is 25.7 Å². The number of hydrogen-bond donors (Lipinski definition) is 3. The van der Waals surface area contributed by atoms with Gasteiger partial charge in [-0.1, -0.05) is 376 Å². The van der Waals surface area contributed by atoms with Crippen LogP contribution in [0.15, 0.2) is 0 Å². The predicted octanol–water partition coefficient (Wildman–Crippen LogP) is 24.5. The average Bonchev–Trinajstić information content (AvgIpc) is 1.08. The van der Waals surface area contributed by atoms with Crippen LogP contribution in [0.25, 0.3) is 0 Å². The van der Waals surface area contributed by atoms with Gasteiger partial charge in [0.2, 0.25) is 0 Å². The van der Waals surface area contributed by atoms with Gasteiger partial charge >= 0.3 is 39.5 Å². The molecule has 0 amide bonds. The number of rotatable bonds is 80. The molecule has 0 heterocycles. The third kappa shape index (κ3) is 73.4. The molecule has 0 bridgehead atoms. The minimum absolute atomic E-state index is 0.107. The van der Waals surface area contributed by atoms with E-state index in [-0.39, 0.29) is 25.7 Å². The fraction of sp³-hybridized carbons (Fsp3) is 0.951. The van der Waals surface area contributed by atoms with Crippen molar-refractivity contribution in [3.05, 3.63) is 0 Å². The van der Waals surface area contributed by atoms with Crippen molar-refractivity contribution < 1.29 is 80.2 Å². The van der Waals surface area contributed by atoms with E-state index in [1.807, 2.05) is 0 Å². The second-order valence-corrected chi connectivity index (χ2v) is 33.4. The molecular weight excluding hydrogens is 1320 g/mol. The van der Waals surface area contributed by atoms with E-state index >= 15 is 0 Å². The summed E-state index contributed by atoms with van der Waals surface area (Å²) in [7, 11) is -9.92. The molecule has 7 atom stereocenters. The van der Waals surface area contributed by atoms with Crippen molar-refractivity contribution in [2.24, 2.45) is 17.8 Å². The van der Waals surface area contributed by atoms with Gasteiger partial charge in [-0.05, 0) is 43.4 Å². The third-order valence-electron chi connectivity index (χ3n) is 19.9. The van der Waals surface area contributed by atoms with Crippen LogP contribution in [0.4, 0.5) is 0 Å². The predicted molar refractivity (Wildman–Crippen MR) is 414 cm³/mol. The fourth-order valence-electron chi connectivity index (χ4n) is 12.6. The molecule has 0 rings (SSSR count). The summed E-state index contributed by atoms with van der Waals surface area (Å²) in [6.07, 6.45) is 61.0. The summed E-state index contributed by atoms with van der Waals surface area (Å²) in [6.45, 7) is 12.0. The van der Waals surface area contributed by atoms with Crippen molar-refractivity contribution in [1.29, 1.82) is 0 Å². The summed E-state index contributed by atoms with van der Waals surface area (Å²) in [5, 5.41) is 10.6. The second kappa shape index (κ2) is 72.3. The van der Waals surface area contributed by atoms with Crippen LogP contribution < -0.4 is 0 Å². The highest BCUT2D eigenvalue weighted by molar-refractivity contribution is 7.47. The molecule has 0 radical (unpaired) electrons. The molecule has 0 saturated carbocycles. The van der Waals surface area contributed by atoms with Gasteiger partial charge in [-0.3, -0.25) is 37.3 Å². The molecule has 19 heteroatoms. The SMILES string of the molecule is CCCCCCCCCCCCCCCCC(=O)O[C@H](COC(=O)CCCCCCCCCCC(C)C)COP(=O)(O)OC[C@H](O)COP(=O)(O)OC[C@@H](COC(=O)CCCCCCCCCCCCC(C)CC)OC(=O)CCCCCCCCCCCCCCCCCCCCC(C)CC. The summed E-state index contributed by atoms with van der Waals surface area (Å²) in [4.78, 5) is 73.0. The Balaban J connectivity index is 5.22. The topological polar surface area (TPSA) is 237 Å². The quantitative estimate of drug-likeness (QED) is 0.0222. The number of aliphatic hydroxyl groups is 1. The van der Waals surface area contributed by atoms with Gasteiger partial charge in [0.1, 0.15) is 19.3 Å². The van der Waals surface area contributed by atoms with E-state index in [0.29, 0.717) is 25.7 Å². The molecule has 0 aliphatic rings. The molecule has 0 aromatic heterocycles. The molecule has 0 saturated heterocycles. The van der Waals surface area contributed by atoms with Crippen LogP contribution in [0.3, 0.4) is 0 Å². The Morgan fingerprint density at radius 3 is 0.752 bits per heavy atom. The molecule has 0 aliphatic carbocycles. The lowest BCUT2D eigenvalue weighted by Gasteiger charge is -2.21. The van der Waals surface area contributed by atoms with E-state index in [4.69, 9.17) is 37.0 Å². The van der Waals surface area contributed by atoms with Crippen molar-refractivity contribution in [3.8, 4) is 0 Å². The van der Waals surface area contributed by atoms with Crippen molar-refractivity contribution in [1.82, 2.24) is 0 Å². The van der Waals surface area contributed by atoms with Crippen LogP contribution in [-0.4, -0.2) is 96.7 Å². The van der Waals surface area contributed by atoms with Crippen LogP contribution in [0.1, 0.15) is 427 Å². The highest BCUT2D eigenvalue weighted by atomic mass is 31.2. The lowest BCUT2D eigenvalue weighted by molar-refractivity contribution is -0.161. The minimum atomic E-state index is -4.96. The number of unbranched alkanes of at least 4 members (excludes halogenated alkanes) is 46. The lowest BCUT2D eigenvalue weighted by Crippen LogP contribution is -2.30. The van der Waals surface area contributed by atoms with Gasteiger partial charge in [-0.15, -0.1) is 0 Å². The first-order valence-corrected chi connectivity index (χ1v) is 45.4. The van der Waals surface area contributed by atoms with Crippen LogP contribution in [0, 0.1) is 17.8 Å². The van der Waals surface area contributed by atoms with Crippen molar-refractivity contribution in [3.63, 3.8) is 0 Å². The zero-order valence-corrected chi connectivity index (χ0v) is 68.2. The van der Waals surface area contributed by atoms with Gasteiger partial charge in [0.05, 0.1) is 26.4 Å². The molecule has 0 aromatic rings. The Bertz CT molecular complexity index is 1960. The maximum absolute atomic E-state index is 13.1. The van der Waals surface area contributed by atoms with E-state index in [1.54, 1.807) is 0 Å². The first kappa shape index (κ1) is 99.1. The Morgan fingerprint density at radius 2 is 0.505 bits per heavy atom. The number of phosphoric acid groups is 2. The van der Waals surface area contributed by atoms with Gasteiger partial charge in [-0.25, -0.2) is 9.13 Å². The summed E-state index contributed by atoms with van der Waals surface area (Å²) < 4.78 is 68.7. The molecule has 0 aliphatic heterocycles. The summed E-state index contributed by atoms with van der Waals surface area (Å²) in [6, 6.07) is 0. The van der Waals surface area contributed by atoms with Gasteiger partial charge in [0.25, 0.3) is 0 Å². The van der Waals surface area contributed by atoms with Crippen LogP contribution >= 0.6 is 15.6 Å². The number of phosphoric ester groups is 2. The van der Waals surface area contributed by atoms with E-state index in [0.717, 1.165) is 108 Å². The maximum Gasteiger partial charge on any atom is 0.472 e. The molecule has 0 aromatic carbocycles. The first-order chi connectivity index (χ1) is 48.8. The molecule has 17 nitrogen and oxygen atoms in total. The minimum Gasteiger partial charge on any atom is -0.462 e. The largest absolute Gasteiger partial charge is 0.472 e. The van der Waals surface area contributed by atoms with Crippen LogP contribution in [-0.2, 0) is 65.4 Å². The Kier molecular flexibility index (Phi) is 70.9. The van der Waals surface area contributed by atoms with E-state index < -0.39 is 97.5 Å². The lowest BCUT2D eigenvalue weighted by atomic mass is 9.99.